The van der Waals surface area contributed by atoms with Crippen LogP contribution in [0.4, 0.5) is 4.79 Å². The van der Waals surface area contributed by atoms with E-state index in [1.54, 1.807) is 4.90 Å². The van der Waals surface area contributed by atoms with Gasteiger partial charge in [0.2, 0.25) is 0 Å². The zero-order chi connectivity index (χ0) is 17.4. The molecule has 2 rings (SSSR count). The monoisotopic (exact) mass is 350 g/mol. The predicted octanol–water partition coefficient (Wildman–Crippen LogP) is 4.12. The van der Waals surface area contributed by atoms with Gasteiger partial charge in [0.05, 0.1) is 0 Å². The smallest absolute Gasteiger partial charge is 0.318 e. The van der Waals surface area contributed by atoms with E-state index in [9.17, 15) is 4.79 Å². The molecule has 1 aromatic rings. The topological polar surface area (TPSA) is 52.6 Å². The molecular weight excluding hydrogens is 324 g/mol. The summed E-state index contributed by atoms with van der Waals surface area (Å²) in [5.74, 6) is 0. The first-order valence-corrected chi connectivity index (χ1v) is 9.07. The summed E-state index contributed by atoms with van der Waals surface area (Å²) in [5, 5.41) is 12.9. The fraction of sp³-hybridized carbons (Fsp3) is 0.526. The third kappa shape index (κ3) is 5.84. The highest BCUT2D eigenvalue weighted by molar-refractivity contribution is 6.30. The second-order valence-corrected chi connectivity index (χ2v) is 6.76. The molecule has 1 aromatic carbocycles. The van der Waals surface area contributed by atoms with Crippen molar-refractivity contribution in [2.24, 2.45) is 0 Å². The Bertz CT molecular complexity index is 557. The standard InChI is InChI=1S/C19H27ClN2O2/c1-15(17-6-3-2-4-7-17)21-19(24)22(12-5-13-23)14-16-8-10-18(20)11-9-16/h6,8-11,15,23H,2-5,7,12-14H2,1H3,(H,21,24). The molecule has 2 N–H and O–H groups in total. The molecular formula is C19H27ClN2O2. The van der Waals surface area contributed by atoms with Crippen molar-refractivity contribution in [3.05, 3.63) is 46.5 Å². The highest BCUT2D eigenvalue weighted by atomic mass is 35.5. The molecule has 0 saturated heterocycles. The van der Waals surface area contributed by atoms with Crippen molar-refractivity contribution < 1.29 is 9.90 Å². The van der Waals surface area contributed by atoms with Gasteiger partial charge in [-0.2, -0.15) is 0 Å². The van der Waals surface area contributed by atoms with Crippen LogP contribution in [0.3, 0.4) is 0 Å². The lowest BCUT2D eigenvalue weighted by molar-refractivity contribution is 0.184. The molecule has 1 aliphatic rings. The third-order valence-electron chi connectivity index (χ3n) is 4.38. The normalized spacial score (nSPS) is 15.5. The Labute approximate surface area is 149 Å². The van der Waals surface area contributed by atoms with Crippen LogP contribution in [0, 0.1) is 0 Å². The number of aliphatic hydroxyl groups excluding tert-OH is 1. The predicted molar refractivity (Wildman–Crippen MR) is 98.1 cm³/mol. The molecule has 0 heterocycles. The number of carbonyl (C=O) groups is 1. The molecule has 1 unspecified atom stereocenters. The van der Waals surface area contributed by atoms with Crippen LogP contribution in [0.15, 0.2) is 35.9 Å². The van der Waals surface area contributed by atoms with Crippen molar-refractivity contribution in [2.75, 3.05) is 13.2 Å². The number of amides is 2. The molecule has 0 aliphatic heterocycles. The first kappa shape index (κ1) is 18.8. The summed E-state index contributed by atoms with van der Waals surface area (Å²) in [5.41, 5.74) is 2.35. The zero-order valence-corrected chi connectivity index (χ0v) is 15.1. The molecule has 132 valence electrons. The van der Waals surface area contributed by atoms with Crippen LogP contribution in [0.5, 0.6) is 0 Å². The van der Waals surface area contributed by atoms with Gasteiger partial charge in [-0.05, 0) is 56.7 Å². The van der Waals surface area contributed by atoms with E-state index in [1.807, 2.05) is 31.2 Å². The van der Waals surface area contributed by atoms with Crippen LogP contribution < -0.4 is 5.32 Å². The number of urea groups is 1. The summed E-state index contributed by atoms with van der Waals surface area (Å²) in [6.07, 6.45) is 7.43. The molecule has 1 aliphatic carbocycles. The molecule has 0 saturated carbocycles. The first-order valence-electron chi connectivity index (χ1n) is 8.70. The largest absolute Gasteiger partial charge is 0.396 e. The average Bonchev–Trinajstić information content (AvgIpc) is 2.60. The van der Waals surface area contributed by atoms with Crippen LogP contribution in [0.1, 0.15) is 44.6 Å². The number of allylic oxidation sites excluding steroid dienone is 1. The van der Waals surface area contributed by atoms with Crippen molar-refractivity contribution in [3.8, 4) is 0 Å². The Kier molecular flexibility index (Phi) is 7.60. The van der Waals surface area contributed by atoms with Gasteiger partial charge in [0.25, 0.3) is 0 Å². The van der Waals surface area contributed by atoms with Crippen LogP contribution >= 0.6 is 11.6 Å². The van der Waals surface area contributed by atoms with E-state index >= 15 is 0 Å². The number of halogens is 1. The molecule has 0 spiro atoms. The van der Waals surface area contributed by atoms with Crippen molar-refractivity contribution in [3.63, 3.8) is 0 Å². The number of hydrogen-bond acceptors (Lipinski definition) is 2. The summed E-state index contributed by atoms with van der Waals surface area (Å²) in [6, 6.07) is 7.48. The number of rotatable bonds is 7. The van der Waals surface area contributed by atoms with Crippen molar-refractivity contribution >= 4 is 17.6 Å². The summed E-state index contributed by atoms with van der Waals surface area (Å²) in [6.45, 7) is 3.15. The third-order valence-corrected chi connectivity index (χ3v) is 4.63. The maximum absolute atomic E-state index is 12.7. The van der Waals surface area contributed by atoms with Gasteiger partial charge in [-0.25, -0.2) is 4.79 Å². The lowest BCUT2D eigenvalue weighted by atomic mass is 9.95. The maximum Gasteiger partial charge on any atom is 0.318 e. The van der Waals surface area contributed by atoms with Gasteiger partial charge in [0, 0.05) is 30.8 Å². The maximum atomic E-state index is 12.7. The molecule has 4 nitrogen and oxygen atoms in total. The number of nitrogens with zero attached hydrogens (tertiary/aromatic N) is 1. The fourth-order valence-corrected chi connectivity index (χ4v) is 3.08. The molecule has 0 fully saturated rings. The lowest BCUT2D eigenvalue weighted by Gasteiger charge is -2.27. The quantitative estimate of drug-likeness (QED) is 0.727. The molecule has 0 bridgehead atoms. The van der Waals surface area contributed by atoms with Crippen molar-refractivity contribution in [2.45, 2.75) is 51.6 Å². The zero-order valence-electron chi connectivity index (χ0n) is 14.3. The highest BCUT2D eigenvalue weighted by Crippen LogP contribution is 2.20. The number of benzene rings is 1. The van der Waals surface area contributed by atoms with Gasteiger partial charge in [-0.3, -0.25) is 0 Å². The van der Waals surface area contributed by atoms with Gasteiger partial charge < -0.3 is 15.3 Å². The molecule has 24 heavy (non-hydrogen) atoms. The van der Waals surface area contributed by atoms with Gasteiger partial charge in [0.15, 0.2) is 0 Å². The number of nitrogens with one attached hydrogen (secondary N) is 1. The van der Waals surface area contributed by atoms with Gasteiger partial charge in [-0.15, -0.1) is 0 Å². The fourth-order valence-electron chi connectivity index (χ4n) is 2.95. The van der Waals surface area contributed by atoms with Gasteiger partial charge in [-0.1, -0.05) is 35.4 Å². The Morgan fingerprint density at radius 1 is 1.33 bits per heavy atom. The van der Waals surface area contributed by atoms with E-state index in [-0.39, 0.29) is 18.7 Å². The Hall–Kier alpha value is -1.52. The number of carbonyl (C=O) groups excluding carboxylic acids is 1. The summed E-state index contributed by atoms with van der Waals surface area (Å²) in [4.78, 5) is 14.4. The van der Waals surface area contributed by atoms with Crippen molar-refractivity contribution in [1.29, 1.82) is 0 Å². The van der Waals surface area contributed by atoms with E-state index in [1.165, 1.54) is 18.4 Å². The minimum Gasteiger partial charge on any atom is -0.396 e. The summed E-state index contributed by atoms with van der Waals surface area (Å²) in [7, 11) is 0. The van der Waals surface area contributed by atoms with Crippen LogP contribution in [-0.4, -0.2) is 35.2 Å². The van der Waals surface area contributed by atoms with E-state index in [0.717, 1.165) is 18.4 Å². The molecule has 1 atom stereocenters. The number of hydrogen-bond donors (Lipinski definition) is 2. The Morgan fingerprint density at radius 3 is 2.71 bits per heavy atom. The van der Waals surface area contributed by atoms with Gasteiger partial charge in [0.1, 0.15) is 0 Å². The molecule has 0 aromatic heterocycles. The van der Waals surface area contributed by atoms with Gasteiger partial charge >= 0.3 is 6.03 Å². The minimum atomic E-state index is -0.0858. The number of aliphatic hydroxyl groups is 1. The lowest BCUT2D eigenvalue weighted by Crippen LogP contribution is -2.44. The highest BCUT2D eigenvalue weighted by Gasteiger charge is 2.18. The average molecular weight is 351 g/mol. The minimum absolute atomic E-state index is 0.0552. The Morgan fingerprint density at radius 2 is 2.08 bits per heavy atom. The SMILES string of the molecule is CC(NC(=O)N(CCCO)Cc1ccc(Cl)cc1)C1=CCCCC1. The summed E-state index contributed by atoms with van der Waals surface area (Å²) < 4.78 is 0. The van der Waals surface area contributed by atoms with Crippen LogP contribution in [-0.2, 0) is 6.54 Å². The van der Waals surface area contributed by atoms with E-state index in [4.69, 9.17) is 16.7 Å². The van der Waals surface area contributed by atoms with E-state index in [0.29, 0.717) is 24.5 Å². The van der Waals surface area contributed by atoms with E-state index in [2.05, 4.69) is 11.4 Å². The second-order valence-electron chi connectivity index (χ2n) is 6.32. The van der Waals surface area contributed by atoms with Crippen molar-refractivity contribution in [1.82, 2.24) is 10.2 Å². The van der Waals surface area contributed by atoms with Crippen LogP contribution in [0.25, 0.3) is 0 Å². The van der Waals surface area contributed by atoms with Crippen LogP contribution in [0.2, 0.25) is 5.02 Å². The first-order chi connectivity index (χ1) is 11.6. The van der Waals surface area contributed by atoms with E-state index < -0.39 is 0 Å². The Balaban J connectivity index is 1.98. The summed E-state index contributed by atoms with van der Waals surface area (Å²) >= 11 is 5.92. The molecule has 5 heteroatoms. The molecule has 0 radical (unpaired) electrons. The second kappa shape index (κ2) is 9.70. The molecule has 2 amide bonds.